The number of nitrogens with zero attached hydrogens (tertiary/aromatic N) is 2. The zero-order chi connectivity index (χ0) is 41.2. The lowest BCUT2D eigenvalue weighted by atomic mass is 9.83. The molecule has 0 radical (unpaired) electrons. The van der Waals surface area contributed by atoms with Crippen molar-refractivity contribution in [2.24, 2.45) is 17.1 Å². The number of nitrogens with one attached hydrogen (secondary N) is 5. The smallest absolute Gasteiger partial charge is 0.338 e. The lowest BCUT2D eigenvalue weighted by Gasteiger charge is -2.36. The number of carbonyl (C=O) groups is 10. The minimum absolute atomic E-state index is 0.148. The Morgan fingerprint density at radius 1 is 0.945 bits per heavy atom. The van der Waals surface area contributed by atoms with E-state index in [0.29, 0.717) is 12.8 Å². The second-order valence-electron chi connectivity index (χ2n) is 14.8. The van der Waals surface area contributed by atoms with Crippen molar-refractivity contribution in [1.82, 2.24) is 36.5 Å². The maximum Gasteiger partial charge on any atom is 0.338 e. The summed E-state index contributed by atoms with van der Waals surface area (Å²) < 4.78 is 0. The van der Waals surface area contributed by atoms with E-state index in [2.05, 4.69) is 31.6 Å². The molecule has 19 heteroatoms. The lowest BCUT2D eigenvalue weighted by molar-refractivity contribution is -0.144. The summed E-state index contributed by atoms with van der Waals surface area (Å²) in [7, 11) is 1.23. The average Bonchev–Trinajstić information content (AvgIpc) is 3.54. The first-order chi connectivity index (χ1) is 25.8. The van der Waals surface area contributed by atoms with Crippen molar-refractivity contribution in [3.8, 4) is 0 Å². The molecule has 0 aromatic carbocycles. The molecule has 1 saturated carbocycles. The number of aromatic nitrogens is 1. The number of pyridine rings is 1. The second-order valence-corrected chi connectivity index (χ2v) is 14.8. The van der Waals surface area contributed by atoms with Crippen LogP contribution in [0.25, 0.3) is 0 Å². The van der Waals surface area contributed by atoms with E-state index in [1.54, 1.807) is 20.8 Å². The van der Waals surface area contributed by atoms with Crippen molar-refractivity contribution in [2.45, 2.75) is 109 Å². The molecule has 7 amide bonds. The number of likely N-dealkylation sites (tertiary alicyclic amines) is 1. The number of hydrogen-bond donors (Lipinski definition) is 7. The Morgan fingerprint density at radius 2 is 1.60 bits per heavy atom. The second kappa shape index (κ2) is 19.0. The summed E-state index contributed by atoms with van der Waals surface area (Å²) in [5.41, 5.74) is 3.68. The standard InChI is InChI=1S/C36H50N8O11/c1-18(29(48)42-26(28(37)47)19-9-7-6-8-10-19)40-32(51)24-15-20(45)17-44(24)34(53)27(36(2,3)4)43-31(50)23(11-12-25(46)33(52)38-5)41-30(49)21-13-14-39-16-22(21)35(54)55/h13-14,16,18-19,23-24,26-27H,6-12,15,17H2,1-5H3,(H2,37,47)(H,38,52)(H,40,51)(H,41,49)(H,42,48)(H,43,50)(H,54,55)/t18-,23-,24-,26-,27+/m0/s1. The number of ketones is 2. The molecule has 5 atom stereocenters. The minimum Gasteiger partial charge on any atom is -0.478 e. The first kappa shape index (κ1) is 43.7. The largest absolute Gasteiger partial charge is 0.478 e. The molecule has 19 nitrogen and oxygen atoms in total. The van der Waals surface area contributed by atoms with Gasteiger partial charge in [-0.15, -0.1) is 0 Å². The molecule has 1 aliphatic carbocycles. The monoisotopic (exact) mass is 770 g/mol. The third kappa shape index (κ3) is 11.6. The van der Waals surface area contributed by atoms with Crippen molar-refractivity contribution in [3.05, 3.63) is 29.6 Å². The van der Waals surface area contributed by atoms with Gasteiger partial charge in [0.1, 0.15) is 30.2 Å². The highest BCUT2D eigenvalue weighted by molar-refractivity contribution is 6.36. The first-order valence-electron chi connectivity index (χ1n) is 18.0. The van der Waals surface area contributed by atoms with E-state index in [4.69, 9.17) is 5.73 Å². The van der Waals surface area contributed by atoms with Crippen molar-refractivity contribution in [2.75, 3.05) is 13.6 Å². The fraction of sp³-hybridized carbons (Fsp3) is 0.583. The van der Waals surface area contributed by atoms with Gasteiger partial charge in [0.25, 0.3) is 11.8 Å². The summed E-state index contributed by atoms with van der Waals surface area (Å²) in [6, 6.07) is -5.40. The molecule has 1 aromatic rings. The van der Waals surface area contributed by atoms with E-state index >= 15 is 0 Å². The fourth-order valence-electron chi connectivity index (χ4n) is 6.55. The van der Waals surface area contributed by atoms with Gasteiger partial charge >= 0.3 is 5.97 Å². The van der Waals surface area contributed by atoms with Crippen molar-refractivity contribution < 1.29 is 53.1 Å². The molecule has 0 spiro atoms. The molecule has 300 valence electrons. The number of aromatic carboxylic acids is 1. The topological polar surface area (TPSA) is 293 Å². The summed E-state index contributed by atoms with van der Waals surface area (Å²) in [5, 5.41) is 21.8. The molecule has 3 rings (SSSR count). The third-order valence-electron chi connectivity index (χ3n) is 9.67. The summed E-state index contributed by atoms with van der Waals surface area (Å²) in [6.45, 7) is 5.66. The van der Waals surface area contributed by atoms with Gasteiger partial charge in [0.05, 0.1) is 17.7 Å². The molecule has 1 aromatic heterocycles. The van der Waals surface area contributed by atoms with Crippen LogP contribution in [0.5, 0.6) is 0 Å². The third-order valence-corrected chi connectivity index (χ3v) is 9.67. The Kier molecular flexibility index (Phi) is 15.1. The predicted octanol–water partition coefficient (Wildman–Crippen LogP) is -1.27. The average molecular weight is 771 g/mol. The van der Waals surface area contributed by atoms with Crippen LogP contribution < -0.4 is 32.3 Å². The Hall–Kier alpha value is -5.75. The van der Waals surface area contributed by atoms with Crippen molar-refractivity contribution >= 4 is 58.9 Å². The quantitative estimate of drug-likeness (QED) is 0.0969. The van der Waals surface area contributed by atoms with Gasteiger partial charge in [-0.3, -0.25) is 48.1 Å². The highest BCUT2D eigenvalue weighted by Gasteiger charge is 2.45. The molecule has 2 fully saturated rings. The highest BCUT2D eigenvalue weighted by atomic mass is 16.4. The zero-order valence-corrected chi connectivity index (χ0v) is 31.6. The predicted molar refractivity (Wildman–Crippen MR) is 193 cm³/mol. The van der Waals surface area contributed by atoms with Crippen LogP contribution in [0.3, 0.4) is 0 Å². The number of carboxylic acid groups (broad SMARTS) is 1. The number of rotatable bonds is 16. The van der Waals surface area contributed by atoms with Crippen LogP contribution >= 0.6 is 0 Å². The molecular weight excluding hydrogens is 720 g/mol. The fourth-order valence-corrected chi connectivity index (χ4v) is 6.55. The Balaban J connectivity index is 1.82. The van der Waals surface area contributed by atoms with Gasteiger partial charge in [0.2, 0.25) is 35.3 Å². The van der Waals surface area contributed by atoms with Gasteiger partial charge in [-0.1, -0.05) is 40.0 Å². The number of likely N-dealkylation sites (N-methyl/N-ethyl adjacent to an activating group) is 1. The summed E-state index contributed by atoms with van der Waals surface area (Å²) in [5.74, 6) is -9.04. The van der Waals surface area contributed by atoms with E-state index in [9.17, 15) is 53.1 Å². The van der Waals surface area contributed by atoms with Crippen LogP contribution in [0.2, 0.25) is 0 Å². The van der Waals surface area contributed by atoms with E-state index in [1.165, 1.54) is 14.0 Å². The van der Waals surface area contributed by atoms with Crippen LogP contribution in [0.4, 0.5) is 0 Å². The van der Waals surface area contributed by atoms with Crippen LogP contribution in [-0.2, 0) is 38.4 Å². The molecule has 1 saturated heterocycles. The molecule has 2 heterocycles. The van der Waals surface area contributed by atoms with Crippen LogP contribution in [0.1, 0.15) is 99.8 Å². The minimum atomic E-state index is -1.58. The molecule has 55 heavy (non-hydrogen) atoms. The van der Waals surface area contributed by atoms with Crippen LogP contribution in [-0.4, -0.2) is 118 Å². The van der Waals surface area contributed by atoms with Crippen LogP contribution in [0.15, 0.2) is 18.5 Å². The van der Waals surface area contributed by atoms with E-state index in [1.807, 2.05) is 0 Å². The summed E-state index contributed by atoms with van der Waals surface area (Å²) in [4.78, 5) is 133. The van der Waals surface area contributed by atoms with Gasteiger partial charge in [-0.05, 0) is 43.6 Å². The molecule has 0 unspecified atom stereocenters. The van der Waals surface area contributed by atoms with Gasteiger partial charge in [0.15, 0.2) is 5.78 Å². The van der Waals surface area contributed by atoms with Crippen molar-refractivity contribution in [3.63, 3.8) is 0 Å². The molecule has 8 N–H and O–H groups in total. The number of hydrogen-bond acceptors (Lipinski definition) is 11. The summed E-state index contributed by atoms with van der Waals surface area (Å²) in [6.07, 6.45) is 4.94. The van der Waals surface area contributed by atoms with Gasteiger partial charge in [-0.2, -0.15) is 0 Å². The Labute approximate surface area is 317 Å². The van der Waals surface area contributed by atoms with Crippen molar-refractivity contribution in [1.29, 1.82) is 0 Å². The summed E-state index contributed by atoms with van der Waals surface area (Å²) >= 11 is 0. The number of amides is 7. The SMILES string of the molecule is CNC(=O)C(=O)CC[C@H](NC(=O)c1ccncc1C(=O)O)C(=O)N[C@H](C(=O)N1CC(=O)C[C@H]1C(=O)N[C@@H](C)C(=O)N[C@H](C(N)=O)C1CCCCC1)C(C)(C)C. The van der Waals surface area contributed by atoms with E-state index in [-0.39, 0.29) is 17.9 Å². The maximum atomic E-state index is 14.2. The Morgan fingerprint density at radius 3 is 2.18 bits per heavy atom. The number of nitrogens with two attached hydrogens (primary N) is 1. The lowest BCUT2D eigenvalue weighted by Crippen LogP contribution is -2.61. The molecule has 2 aliphatic rings. The number of Topliss-reactive ketones (excluding diaryl/α,β-unsaturated/α-hetero) is 2. The number of carboxylic acids is 1. The molecular formula is C36H50N8O11. The first-order valence-corrected chi connectivity index (χ1v) is 18.0. The van der Waals surface area contributed by atoms with Gasteiger partial charge in [-0.25, -0.2) is 4.79 Å². The number of carbonyl (C=O) groups excluding carboxylic acids is 9. The number of primary amides is 1. The van der Waals surface area contributed by atoms with E-state index < -0.39 is 119 Å². The van der Waals surface area contributed by atoms with Crippen LogP contribution in [0, 0.1) is 11.3 Å². The molecule has 1 aliphatic heterocycles. The van der Waals surface area contributed by atoms with Gasteiger partial charge in [0, 0.05) is 32.3 Å². The zero-order valence-electron chi connectivity index (χ0n) is 31.6. The van der Waals surface area contributed by atoms with Gasteiger partial charge < -0.3 is 42.3 Å². The Bertz CT molecular complexity index is 1700. The van der Waals surface area contributed by atoms with E-state index in [0.717, 1.165) is 42.6 Å². The molecule has 0 bridgehead atoms. The maximum absolute atomic E-state index is 14.2. The normalized spacial score (nSPS) is 18.2. The highest BCUT2D eigenvalue weighted by Crippen LogP contribution is 2.27.